The van der Waals surface area contributed by atoms with Crippen LogP contribution in [0.4, 0.5) is 0 Å². The van der Waals surface area contributed by atoms with Crippen LogP contribution in [0.1, 0.15) is 37.9 Å². The zero-order chi connectivity index (χ0) is 31.3. The Hall–Kier alpha value is -4.99. The van der Waals surface area contributed by atoms with Gasteiger partial charge in [0.1, 0.15) is 0 Å². The van der Waals surface area contributed by atoms with E-state index in [4.69, 9.17) is 14.6 Å². The van der Waals surface area contributed by atoms with Crippen molar-refractivity contribution in [1.29, 1.82) is 0 Å². The van der Waals surface area contributed by atoms with Gasteiger partial charge in [-0.25, -0.2) is 4.98 Å². The second-order valence-electron chi connectivity index (χ2n) is 10.7. The highest BCUT2D eigenvalue weighted by Gasteiger charge is 2.26. The predicted molar refractivity (Wildman–Crippen MR) is 175 cm³/mol. The van der Waals surface area contributed by atoms with Crippen molar-refractivity contribution in [2.24, 2.45) is 0 Å². The van der Waals surface area contributed by atoms with Gasteiger partial charge in [-0.3, -0.25) is 4.79 Å². The fraction of sp³-hybridized carbons (Fsp3) is 0.250. The van der Waals surface area contributed by atoms with E-state index >= 15 is 0 Å². The zero-order valence-electron chi connectivity index (χ0n) is 25.4. The van der Waals surface area contributed by atoms with Gasteiger partial charge in [-0.15, -0.1) is 0 Å². The minimum Gasteiger partial charge on any atom is -0.490 e. The number of benzene rings is 1. The molecule has 3 aliphatic rings. The molecule has 0 saturated heterocycles. The van der Waals surface area contributed by atoms with Crippen molar-refractivity contribution in [2.75, 3.05) is 33.0 Å². The molecule has 230 valence electrons. The number of fused-ring (bicyclic) bond motifs is 1. The van der Waals surface area contributed by atoms with E-state index in [1.54, 1.807) is 12.3 Å². The fourth-order valence-corrected chi connectivity index (χ4v) is 5.98. The van der Waals surface area contributed by atoms with Gasteiger partial charge in [0.05, 0.1) is 37.5 Å². The summed E-state index contributed by atoms with van der Waals surface area (Å²) in [6.07, 6.45) is 14.5. The van der Waals surface area contributed by atoms with Gasteiger partial charge in [0.2, 0.25) is 0 Å². The van der Waals surface area contributed by atoms with Crippen LogP contribution in [0.25, 0.3) is 27.7 Å². The molecular weight excluding hydrogens is 568 g/mol. The second kappa shape index (κ2) is 13.3. The molecule has 6 rings (SSSR count). The number of allylic oxidation sites excluding steroid dienone is 8. The van der Waals surface area contributed by atoms with Gasteiger partial charge >= 0.3 is 0 Å². The molecule has 2 aromatic heterocycles. The molecule has 1 aliphatic heterocycles. The molecule has 2 aliphatic carbocycles. The van der Waals surface area contributed by atoms with Gasteiger partial charge < -0.3 is 25.0 Å². The lowest BCUT2D eigenvalue weighted by molar-refractivity contribution is 0.164. The van der Waals surface area contributed by atoms with Crippen LogP contribution in [-0.2, 0) is 9.47 Å². The smallest absolute Gasteiger partial charge is 0.280 e. The molecule has 9 nitrogen and oxygen atoms in total. The van der Waals surface area contributed by atoms with E-state index in [0.29, 0.717) is 72.2 Å². The van der Waals surface area contributed by atoms with Crippen LogP contribution in [0.2, 0.25) is 0 Å². The molecule has 3 aromatic rings. The first-order valence-electron chi connectivity index (χ1n) is 15.2. The van der Waals surface area contributed by atoms with Crippen LogP contribution in [0.5, 0.6) is 0 Å². The first kappa shape index (κ1) is 30.1. The standard InChI is InChI=1S/C36H36N4O5/c1-3-44-31-14-13-23-11-12-26(21-41)30(22-42)34(29(23)19-32(31)45-4-2)24-15-17-38-33(18-24)40-36(43)28-10-6-5-9-27(28)35(39-40)25-8-7-16-37-20-25/h5-10,12,14-19,37,41-42H,3-4,11,13,20-22H2,1-2H3. The Morgan fingerprint density at radius 2 is 1.76 bits per heavy atom. The number of hydrogen-bond acceptors (Lipinski definition) is 8. The fourth-order valence-electron chi connectivity index (χ4n) is 5.98. The lowest BCUT2D eigenvalue weighted by Crippen LogP contribution is -2.25. The van der Waals surface area contributed by atoms with Gasteiger partial charge in [0, 0.05) is 18.1 Å². The molecule has 0 unspecified atom stereocenters. The highest BCUT2D eigenvalue weighted by atomic mass is 16.5. The summed E-state index contributed by atoms with van der Waals surface area (Å²) in [5, 5.41) is 30.5. The number of hydrogen-bond donors (Lipinski definition) is 3. The normalized spacial score (nSPS) is 16.6. The van der Waals surface area contributed by atoms with Crippen LogP contribution in [0.15, 0.2) is 118 Å². The van der Waals surface area contributed by atoms with Gasteiger partial charge in [-0.2, -0.15) is 9.78 Å². The molecular formula is C36H36N4O5. The van der Waals surface area contributed by atoms with Crippen molar-refractivity contribution in [1.82, 2.24) is 20.1 Å². The average Bonchev–Trinajstić information content (AvgIpc) is 3.34. The Kier molecular flexibility index (Phi) is 8.91. The Bertz CT molecular complexity index is 1920. The van der Waals surface area contributed by atoms with E-state index in [-0.39, 0.29) is 18.8 Å². The quantitative estimate of drug-likeness (QED) is 0.316. The molecule has 45 heavy (non-hydrogen) atoms. The first-order valence-corrected chi connectivity index (χ1v) is 15.2. The molecule has 0 spiro atoms. The molecule has 3 heterocycles. The van der Waals surface area contributed by atoms with Crippen molar-refractivity contribution in [3.05, 3.63) is 135 Å². The molecule has 3 N–H and O–H groups in total. The number of ether oxygens (including phenoxy) is 2. The van der Waals surface area contributed by atoms with E-state index in [1.807, 2.05) is 80.8 Å². The Labute approximate surface area is 261 Å². The minimum atomic E-state index is -0.299. The number of aliphatic hydroxyl groups excluding tert-OH is 2. The molecule has 0 bridgehead atoms. The molecule has 0 radical (unpaired) electrons. The number of dihydropyridines is 1. The maximum Gasteiger partial charge on any atom is 0.280 e. The van der Waals surface area contributed by atoms with Gasteiger partial charge in [-0.1, -0.05) is 35.9 Å². The molecule has 0 amide bonds. The van der Waals surface area contributed by atoms with Crippen LogP contribution in [-0.4, -0.2) is 57.9 Å². The highest BCUT2D eigenvalue weighted by molar-refractivity contribution is 5.93. The Morgan fingerprint density at radius 1 is 0.978 bits per heavy atom. The number of nitrogens with one attached hydrogen (secondary N) is 1. The van der Waals surface area contributed by atoms with E-state index in [1.165, 1.54) is 4.68 Å². The van der Waals surface area contributed by atoms with Crippen molar-refractivity contribution in [3.63, 3.8) is 0 Å². The van der Waals surface area contributed by atoms with Crippen LogP contribution >= 0.6 is 0 Å². The van der Waals surface area contributed by atoms with Crippen molar-refractivity contribution in [3.8, 4) is 5.82 Å². The van der Waals surface area contributed by atoms with Gasteiger partial charge in [0.15, 0.2) is 17.3 Å². The van der Waals surface area contributed by atoms with Crippen LogP contribution in [0, 0.1) is 0 Å². The third-order valence-electron chi connectivity index (χ3n) is 8.08. The molecule has 1 aromatic carbocycles. The number of aromatic nitrogens is 3. The van der Waals surface area contributed by atoms with E-state index in [2.05, 4.69) is 10.3 Å². The number of rotatable bonds is 9. The summed E-state index contributed by atoms with van der Waals surface area (Å²) in [7, 11) is 0. The van der Waals surface area contributed by atoms with Crippen LogP contribution < -0.4 is 10.9 Å². The van der Waals surface area contributed by atoms with Gasteiger partial charge in [0.25, 0.3) is 5.56 Å². The monoisotopic (exact) mass is 604 g/mol. The van der Waals surface area contributed by atoms with Crippen molar-refractivity contribution in [2.45, 2.75) is 26.7 Å². The van der Waals surface area contributed by atoms with E-state index in [0.717, 1.165) is 33.2 Å². The van der Waals surface area contributed by atoms with Crippen LogP contribution in [0.3, 0.4) is 0 Å². The first-order chi connectivity index (χ1) is 22.1. The lowest BCUT2D eigenvalue weighted by Gasteiger charge is -2.19. The second-order valence-corrected chi connectivity index (χ2v) is 10.7. The summed E-state index contributed by atoms with van der Waals surface area (Å²) >= 11 is 0. The van der Waals surface area contributed by atoms with Crippen molar-refractivity contribution < 1.29 is 19.7 Å². The third kappa shape index (κ3) is 5.80. The third-order valence-corrected chi connectivity index (χ3v) is 8.08. The SMILES string of the molecule is CCOC1=CCC2=C(C=C1OCC)C(c1ccnc(-n3nc(C4=CC=CNC4)c4ccccc4c3=O)c1)=C(CO)C(CO)=CC2. The average molecular weight is 605 g/mol. The topological polar surface area (TPSA) is 119 Å². The van der Waals surface area contributed by atoms with E-state index < -0.39 is 0 Å². The maximum absolute atomic E-state index is 13.9. The summed E-state index contributed by atoms with van der Waals surface area (Å²) in [5.41, 5.74) is 5.99. The summed E-state index contributed by atoms with van der Waals surface area (Å²) in [6.45, 7) is 4.85. The summed E-state index contributed by atoms with van der Waals surface area (Å²) < 4.78 is 13.3. The number of aliphatic hydroxyl groups is 2. The summed E-state index contributed by atoms with van der Waals surface area (Å²) in [6, 6.07) is 11.1. The maximum atomic E-state index is 13.9. The molecule has 0 fully saturated rings. The Morgan fingerprint density at radius 3 is 2.49 bits per heavy atom. The molecule has 0 saturated carbocycles. The number of nitrogens with zero attached hydrogens (tertiary/aromatic N) is 3. The molecule has 9 heteroatoms. The number of pyridine rings is 1. The minimum absolute atomic E-state index is 0.230. The highest BCUT2D eigenvalue weighted by Crippen LogP contribution is 2.41. The lowest BCUT2D eigenvalue weighted by atomic mass is 9.88. The summed E-state index contributed by atoms with van der Waals surface area (Å²) in [4.78, 5) is 18.5. The largest absolute Gasteiger partial charge is 0.490 e. The Balaban J connectivity index is 1.57. The molecule has 0 atom stereocenters. The van der Waals surface area contributed by atoms with Gasteiger partial charge in [-0.05, 0) is 103 Å². The zero-order valence-corrected chi connectivity index (χ0v) is 25.4. The van der Waals surface area contributed by atoms with E-state index in [9.17, 15) is 15.0 Å². The summed E-state index contributed by atoms with van der Waals surface area (Å²) in [5.74, 6) is 1.60. The van der Waals surface area contributed by atoms with Crippen molar-refractivity contribution >= 4 is 21.9 Å². The predicted octanol–water partition coefficient (Wildman–Crippen LogP) is 4.89.